The van der Waals surface area contributed by atoms with Crippen molar-refractivity contribution in [2.75, 3.05) is 12.3 Å². The summed E-state index contributed by atoms with van der Waals surface area (Å²) in [5.41, 5.74) is 2.09. The molecule has 1 fully saturated rings. The van der Waals surface area contributed by atoms with Gasteiger partial charge in [-0.05, 0) is 55.8 Å². The molecular formula is C20H23FN2O7S2. The molecule has 0 bridgehead atoms. The fraction of sp³-hybridized carbons (Fsp3) is 0.350. The summed E-state index contributed by atoms with van der Waals surface area (Å²) in [5.74, 6) is -1.61. The van der Waals surface area contributed by atoms with Gasteiger partial charge in [0.25, 0.3) is 5.91 Å². The molecule has 3 rings (SSSR count). The number of hydrogen-bond donors (Lipinski definition) is 2. The minimum atomic E-state index is -4.28. The highest BCUT2D eigenvalue weighted by atomic mass is 32.2. The average molecular weight is 487 g/mol. The number of nitrogens with zero attached hydrogens (tertiary/aromatic N) is 1. The predicted octanol–water partition coefficient (Wildman–Crippen LogP) is 1.48. The fourth-order valence-corrected chi connectivity index (χ4v) is 6.92. The molecule has 2 aromatic rings. The third-order valence-corrected chi connectivity index (χ3v) is 9.86. The van der Waals surface area contributed by atoms with Crippen LogP contribution in [0.4, 0.5) is 4.39 Å². The summed E-state index contributed by atoms with van der Waals surface area (Å²) in [4.78, 5) is 12.1. The van der Waals surface area contributed by atoms with Crippen LogP contribution in [0.15, 0.2) is 53.4 Å². The number of sulfone groups is 1. The highest BCUT2D eigenvalue weighted by Gasteiger charge is 2.55. The number of nitrogens with one attached hydrogen (secondary N) is 1. The number of carbonyl (C=O) groups is 1. The maximum atomic E-state index is 13.2. The van der Waals surface area contributed by atoms with Crippen molar-refractivity contribution in [2.45, 2.75) is 36.1 Å². The summed E-state index contributed by atoms with van der Waals surface area (Å²) in [5, 5.41) is 9.09. The van der Waals surface area contributed by atoms with Gasteiger partial charge in [0.1, 0.15) is 24.2 Å². The van der Waals surface area contributed by atoms with Crippen LogP contribution in [0.5, 0.6) is 5.75 Å². The largest absolute Gasteiger partial charge is 0.489 e. The van der Waals surface area contributed by atoms with Gasteiger partial charge in [-0.25, -0.2) is 26.7 Å². The van der Waals surface area contributed by atoms with Crippen molar-refractivity contribution in [3.05, 3.63) is 59.9 Å². The Morgan fingerprint density at radius 1 is 1.19 bits per heavy atom. The Bertz CT molecular complexity index is 1200. The average Bonchev–Trinajstić information content (AvgIpc) is 2.74. The molecule has 1 aliphatic heterocycles. The van der Waals surface area contributed by atoms with Gasteiger partial charge in [-0.15, -0.1) is 0 Å². The number of hydroxylamine groups is 1. The molecule has 0 spiro atoms. The molecule has 0 aromatic heterocycles. The van der Waals surface area contributed by atoms with E-state index in [1.165, 1.54) is 55.7 Å². The summed E-state index contributed by atoms with van der Waals surface area (Å²) >= 11 is 0. The second-order valence-electron chi connectivity index (χ2n) is 7.80. The maximum Gasteiger partial charge on any atom is 0.263 e. The van der Waals surface area contributed by atoms with Crippen molar-refractivity contribution in [3.63, 3.8) is 0 Å². The van der Waals surface area contributed by atoms with E-state index in [9.17, 15) is 26.0 Å². The number of carbonyl (C=O) groups excluding carboxylic acids is 1. The normalized spacial score (nSPS) is 20.4. The first kappa shape index (κ1) is 24.1. The van der Waals surface area contributed by atoms with Crippen LogP contribution < -0.4 is 10.2 Å². The first-order chi connectivity index (χ1) is 14.9. The second-order valence-corrected chi connectivity index (χ2v) is 12.4. The van der Waals surface area contributed by atoms with Crippen LogP contribution in [0.25, 0.3) is 0 Å². The number of halogens is 1. The molecule has 0 radical (unpaired) electrons. The van der Waals surface area contributed by atoms with Crippen molar-refractivity contribution < 1.29 is 36.0 Å². The number of amides is 1. The Hall–Kier alpha value is -2.54. The summed E-state index contributed by atoms with van der Waals surface area (Å²) < 4.78 is 69.0. The highest BCUT2D eigenvalue weighted by Crippen LogP contribution is 2.34. The predicted molar refractivity (Wildman–Crippen MR) is 113 cm³/mol. The minimum absolute atomic E-state index is 0.142. The molecule has 1 aliphatic rings. The van der Waals surface area contributed by atoms with Gasteiger partial charge >= 0.3 is 0 Å². The molecule has 0 unspecified atom stereocenters. The minimum Gasteiger partial charge on any atom is -0.489 e. The van der Waals surface area contributed by atoms with E-state index in [1.54, 1.807) is 12.1 Å². The molecule has 0 aliphatic carbocycles. The lowest BCUT2D eigenvalue weighted by atomic mass is 10.0. The first-order valence-corrected chi connectivity index (χ1v) is 12.6. The van der Waals surface area contributed by atoms with Gasteiger partial charge in [-0.1, -0.05) is 12.1 Å². The van der Waals surface area contributed by atoms with E-state index in [2.05, 4.69) is 0 Å². The molecule has 1 amide bonds. The monoisotopic (exact) mass is 486 g/mol. The molecule has 1 heterocycles. The smallest absolute Gasteiger partial charge is 0.263 e. The molecule has 1 atom stereocenters. The number of benzene rings is 2. The van der Waals surface area contributed by atoms with Gasteiger partial charge in [-0.3, -0.25) is 10.0 Å². The van der Waals surface area contributed by atoms with Gasteiger partial charge in [-0.2, -0.15) is 4.31 Å². The van der Waals surface area contributed by atoms with Gasteiger partial charge < -0.3 is 4.74 Å². The lowest BCUT2D eigenvalue weighted by Gasteiger charge is -2.43. The van der Waals surface area contributed by atoms with Crippen LogP contribution in [0.3, 0.4) is 0 Å². The van der Waals surface area contributed by atoms with E-state index in [1.807, 2.05) is 0 Å². The van der Waals surface area contributed by atoms with Gasteiger partial charge in [0, 0.05) is 6.54 Å². The van der Waals surface area contributed by atoms with Gasteiger partial charge in [0.05, 0.1) is 15.4 Å². The third-order valence-electron chi connectivity index (χ3n) is 5.44. The van der Waals surface area contributed by atoms with Crippen LogP contribution in [-0.4, -0.2) is 55.3 Å². The van der Waals surface area contributed by atoms with E-state index in [-0.39, 0.29) is 17.3 Å². The molecule has 12 heteroatoms. The van der Waals surface area contributed by atoms with Crippen LogP contribution in [0, 0.1) is 5.82 Å². The number of rotatable bonds is 6. The van der Waals surface area contributed by atoms with Crippen LogP contribution in [0.2, 0.25) is 0 Å². The van der Waals surface area contributed by atoms with Crippen molar-refractivity contribution in [3.8, 4) is 5.75 Å². The van der Waals surface area contributed by atoms with Gasteiger partial charge in [0.2, 0.25) is 10.0 Å². The molecule has 2 N–H and O–H groups in total. The summed E-state index contributed by atoms with van der Waals surface area (Å²) in [6.07, 6.45) is 0. The number of sulfonamides is 1. The molecule has 1 saturated heterocycles. The van der Waals surface area contributed by atoms with E-state index >= 15 is 0 Å². The molecule has 0 saturated carbocycles. The molecule has 174 valence electrons. The maximum absolute atomic E-state index is 13.2. The molecular weight excluding hydrogens is 463 g/mol. The van der Waals surface area contributed by atoms with Crippen molar-refractivity contribution >= 4 is 25.8 Å². The quantitative estimate of drug-likeness (QED) is 0.467. The standard InChI is InChI=1S/C20H23FN2O7S2/c1-20(2)18(19(24)22-25)23(11-12-31(20,26)27)32(28,29)17-9-7-16(8-10-17)30-13-14-3-5-15(21)6-4-14/h3-10,18,25H,11-13H2,1-2H3,(H,22,24)/t18-/m0/s1. The van der Waals surface area contributed by atoms with Crippen LogP contribution >= 0.6 is 0 Å². The molecule has 9 nitrogen and oxygen atoms in total. The van der Waals surface area contributed by atoms with E-state index < -0.39 is 48.9 Å². The van der Waals surface area contributed by atoms with Crippen LogP contribution in [0.1, 0.15) is 19.4 Å². The second kappa shape index (κ2) is 8.77. The zero-order valence-corrected chi connectivity index (χ0v) is 19.0. The van der Waals surface area contributed by atoms with E-state index in [4.69, 9.17) is 9.94 Å². The Kier molecular flexibility index (Phi) is 6.61. The molecule has 2 aromatic carbocycles. The first-order valence-electron chi connectivity index (χ1n) is 9.55. The Balaban J connectivity index is 1.84. The van der Waals surface area contributed by atoms with E-state index in [0.29, 0.717) is 5.75 Å². The van der Waals surface area contributed by atoms with Crippen LogP contribution in [-0.2, 0) is 31.3 Å². The highest BCUT2D eigenvalue weighted by molar-refractivity contribution is 7.93. The summed E-state index contributed by atoms with van der Waals surface area (Å²) in [6.45, 7) is 2.20. The summed E-state index contributed by atoms with van der Waals surface area (Å²) in [6, 6.07) is 9.46. The zero-order valence-electron chi connectivity index (χ0n) is 17.4. The molecule has 32 heavy (non-hydrogen) atoms. The Labute approximate surface area is 185 Å². The number of hydrogen-bond acceptors (Lipinski definition) is 7. The number of ether oxygens (including phenoxy) is 1. The topological polar surface area (TPSA) is 130 Å². The fourth-order valence-electron chi connectivity index (χ4n) is 3.48. The Morgan fingerprint density at radius 2 is 1.78 bits per heavy atom. The van der Waals surface area contributed by atoms with Crippen molar-refractivity contribution in [1.29, 1.82) is 0 Å². The van der Waals surface area contributed by atoms with Crippen molar-refractivity contribution in [2.24, 2.45) is 0 Å². The third kappa shape index (κ3) is 4.49. The SMILES string of the molecule is CC1(C)[C@H](C(=O)NO)N(S(=O)(=O)c2ccc(OCc3ccc(F)cc3)cc2)CCS1(=O)=O. The summed E-state index contributed by atoms with van der Waals surface area (Å²) in [7, 11) is -8.08. The lowest BCUT2D eigenvalue weighted by Crippen LogP contribution is -2.66. The zero-order chi connectivity index (χ0) is 23.7. The lowest BCUT2D eigenvalue weighted by molar-refractivity contribution is -0.134. The Morgan fingerprint density at radius 3 is 2.34 bits per heavy atom. The van der Waals surface area contributed by atoms with Crippen molar-refractivity contribution in [1.82, 2.24) is 9.79 Å². The van der Waals surface area contributed by atoms with E-state index in [0.717, 1.165) is 9.87 Å². The van der Waals surface area contributed by atoms with Gasteiger partial charge in [0.15, 0.2) is 9.84 Å².